The molecule has 1 aliphatic carbocycles. The lowest BCUT2D eigenvalue weighted by atomic mass is 10.1. The Bertz CT molecular complexity index is 152. The Morgan fingerprint density at radius 1 is 1.36 bits per heavy atom. The zero-order valence-electron chi connectivity index (χ0n) is 7.76. The molecule has 0 bridgehead atoms. The molecule has 0 amide bonds. The van der Waals surface area contributed by atoms with E-state index >= 15 is 0 Å². The lowest BCUT2D eigenvalue weighted by Crippen LogP contribution is -2.35. The van der Waals surface area contributed by atoms with Crippen LogP contribution in [0.25, 0.3) is 0 Å². The minimum atomic E-state index is -1.33. The largest absolute Gasteiger partial charge is 0.420 e. The Kier molecular flexibility index (Phi) is 2.90. The minimum Gasteiger partial charge on any atom is -0.420 e. The molecule has 11 heavy (non-hydrogen) atoms. The zero-order valence-corrected chi connectivity index (χ0v) is 8.76. The highest BCUT2D eigenvalue weighted by Crippen LogP contribution is 2.33. The van der Waals surface area contributed by atoms with Crippen LogP contribution in [0.15, 0.2) is 12.2 Å². The normalized spacial score (nSPS) is 25.5. The summed E-state index contributed by atoms with van der Waals surface area (Å²) >= 11 is 0. The van der Waals surface area contributed by atoms with Crippen molar-refractivity contribution in [2.75, 3.05) is 7.11 Å². The predicted octanol–water partition coefficient (Wildman–Crippen LogP) is 2.95. The van der Waals surface area contributed by atoms with Gasteiger partial charge in [0.1, 0.15) is 0 Å². The van der Waals surface area contributed by atoms with Crippen LogP contribution in [0.2, 0.25) is 18.6 Å². The Morgan fingerprint density at radius 3 is 2.55 bits per heavy atom. The molecule has 2 heteroatoms. The zero-order chi connectivity index (χ0) is 8.32. The smallest absolute Gasteiger partial charge is 0.189 e. The van der Waals surface area contributed by atoms with Crippen molar-refractivity contribution in [1.82, 2.24) is 0 Å². The van der Waals surface area contributed by atoms with E-state index in [1.54, 1.807) is 0 Å². The predicted molar refractivity (Wildman–Crippen MR) is 51.2 cm³/mol. The molecule has 0 fully saturated rings. The highest BCUT2D eigenvalue weighted by atomic mass is 28.4. The second kappa shape index (κ2) is 3.54. The Balaban J connectivity index is 2.52. The van der Waals surface area contributed by atoms with Crippen LogP contribution in [0.3, 0.4) is 0 Å². The van der Waals surface area contributed by atoms with Crippen LogP contribution in [0.5, 0.6) is 0 Å². The molecule has 0 aromatic rings. The number of allylic oxidation sites excluding steroid dienone is 2. The van der Waals surface area contributed by atoms with Crippen LogP contribution < -0.4 is 0 Å². The monoisotopic (exact) mass is 170 g/mol. The van der Waals surface area contributed by atoms with Crippen molar-refractivity contribution in [3.05, 3.63) is 12.2 Å². The van der Waals surface area contributed by atoms with Crippen LogP contribution in [-0.2, 0) is 4.43 Å². The van der Waals surface area contributed by atoms with Gasteiger partial charge in [-0.15, -0.1) is 0 Å². The molecular formula is C9H18OSi. The molecule has 0 spiro atoms. The first kappa shape index (κ1) is 9.01. The molecule has 0 saturated carbocycles. The van der Waals surface area contributed by atoms with Crippen molar-refractivity contribution in [3.8, 4) is 0 Å². The molecule has 0 radical (unpaired) electrons. The van der Waals surface area contributed by atoms with E-state index in [0.29, 0.717) is 0 Å². The molecule has 64 valence electrons. The van der Waals surface area contributed by atoms with Gasteiger partial charge in [0.25, 0.3) is 0 Å². The Labute approximate surface area is 70.6 Å². The maximum atomic E-state index is 5.58. The first-order chi connectivity index (χ1) is 5.17. The van der Waals surface area contributed by atoms with Gasteiger partial charge >= 0.3 is 0 Å². The SMILES string of the molecule is CO[Si](C)(C)C1CC=CCC1. The first-order valence-electron chi connectivity index (χ1n) is 4.37. The summed E-state index contributed by atoms with van der Waals surface area (Å²) in [5, 5.41) is 0. The topological polar surface area (TPSA) is 9.23 Å². The molecule has 0 saturated heterocycles. The van der Waals surface area contributed by atoms with E-state index in [9.17, 15) is 0 Å². The minimum absolute atomic E-state index is 0.845. The third-order valence-electron chi connectivity index (χ3n) is 2.78. The quantitative estimate of drug-likeness (QED) is 0.457. The average Bonchev–Trinajstić information content (AvgIpc) is 2.06. The van der Waals surface area contributed by atoms with Gasteiger partial charge in [0, 0.05) is 7.11 Å². The summed E-state index contributed by atoms with van der Waals surface area (Å²) in [5.74, 6) is 0. The van der Waals surface area contributed by atoms with Crippen molar-refractivity contribution >= 4 is 8.32 Å². The Hall–Kier alpha value is -0.0831. The molecule has 0 aromatic heterocycles. The molecular weight excluding hydrogens is 152 g/mol. The van der Waals surface area contributed by atoms with Gasteiger partial charge in [-0.3, -0.25) is 0 Å². The van der Waals surface area contributed by atoms with Crippen molar-refractivity contribution in [1.29, 1.82) is 0 Å². The van der Waals surface area contributed by atoms with E-state index in [2.05, 4.69) is 25.2 Å². The third-order valence-corrected chi connectivity index (χ3v) is 6.32. The Morgan fingerprint density at radius 2 is 2.09 bits per heavy atom. The number of hydrogen-bond acceptors (Lipinski definition) is 1. The molecule has 0 N–H and O–H groups in total. The summed E-state index contributed by atoms with van der Waals surface area (Å²) in [4.78, 5) is 0. The third kappa shape index (κ3) is 2.17. The summed E-state index contributed by atoms with van der Waals surface area (Å²) in [5.41, 5.74) is 0.845. The fraction of sp³-hybridized carbons (Fsp3) is 0.778. The maximum absolute atomic E-state index is 5.58. The molecule has 1 unspecified atom stereocenters. The van der Waals surface area contributed by atoms with E-state index < -0.39 is 8.32 Å². The first-order valence-corrected chi connectivity index (χ1v) is 7.35. The summed E-state index contributed by atoms with van der Waals surface area (Å²) in [6.45, 7) is 4.63. The lowest BCUT2D eigenvalue weighted by Gasteiger charge is -2.31. The van der Waals surface area contributed by atoms with Crippen LogP contribution in [0, 0.1) is 0 Å². The van der Waals surface area contributed by atoms with E-state index in [1.165, 1.54) is 19.3 Å². The van der Waals surface area contributed by atoms with Gasteiger partial charge in [0.15, 0.2) is 8.32 Å². The van der Waals surface area contributed by atoms with Gasteiger partial charge in [0.05, 0.1) is 0 Å². The lowest BCUT2D eigenvalue weighted by molar-refractivity contribution is 0.384. The van der Waals surface area contributed by atoms with Crippen molar-refractivity contribution in [3.63, 3.8) is 0 Å². The second-order valence-corrected chi connectivity index (χ2v) is 8.22. The molecule has 0 aromatic carbocycles. The highest BCUT2D eigenvalue weighted by molar-refractivity contribution is 6.72. The van der Waals surface area contributed by atoms with Gasteiger partial charge < -0.3 is 4.43 Å². The van der Waals surface area contributed by atoms with Gasteiger partial charge in [-0.1, -0.05) is 12.2 Å². The molecule has 1 nitrogen and oxygen atoms in total. The molecule has 1 rings (SSSR count). The van der Waals surface area contributed by atoms with Gasteiger partial charge in [0.2, 0.25) is 0 Å². The summed E-state index contributed by atoms with van der Waals surface area (Å²) in [6, 6.07) is 0. The fourth-order valence-electron chi connectivity index (χ4n) is 1.59. The maximum Gasteiger partial charge on any atom is 0.189 e. The number of hydrogen-bond donors (Lipinski definition) is 0. The van der Waals surface area contributed by atoms with E-state index in [1.807, 2.05) is 7.11 Å². The standard InChI is InChI=1S/C9H18OSi/c1-10-11(2,3)9-7-5-4-6-8-9/h4-5,9H,6-8H2,1-3H3. The summed E-state index contributed by atoms with van der Waals surface area (Å²) in [6.07, 6.45) is 8.43. The average molecular weight is 170 g/mol. The van der Waals surface area contributed by atoms with Crippen molar-refractivity contribution in [2.45, 2.75) is 37.9 Å². The molecule has 1 aliphatic rings. The van der Waals surface area contributed by atoms with E-state index in [4.69, 9.17) is 4.43 Å². The van der Waals surface area contributed by atoms with Gasteiger partial charge in [-0.05, 0) is 37.9 Å². The highest BCUT2D eigenvalue weighted by Gasteiger charge is 2.31. The van der Waals surface area contributed by atoms with E-state index in [-0.39, 0.29) is 0 Å². The summed E-state index contributed by atoms with van der Waals surface area (Å²) in [7, 11) is 0.538. The van der Waals surface area contributed by atoms with Crippen molar-refractivity contribution < 1.29 is 4.43 Å². The van der Waals surface area contributed by atoms with Crippen LogP contribution in [-0.4, -0.2) is 15.4 Å². The molecule has 1 atom stereocenters. The van der Waals surface area contributed by atoms with Crippen LogP contribution in [0.4, 0.5) is 0 Å². The van der Waals surface area contributed by atoms with Crippen LogP contribution in [0.1, 0.15) is 19.3 Å². The second-order valence-electron chi connectivity index (χ2n) is 3.79. The van der Waals surface area contributed by atoms with Crippen LogP contribution >= 0.6 is 0 Å². The fourth-order valence-corrected chi connectivity index (χ4v) is 3.49. The van der Waals surface area contributed by atoms with Crippen molar-refractivity contribution in [2.24, 2.45) is 0 Å². The molecule has 0 heterocycles. The number of rotatable bonds is 2. The van der Waals surface area contributed by atoms with E-state index in [0.717, 1.165) is 5.54 Å². The molecule has 0 aliphatic heterocycles. The summed E-state index contributed by atoms with van der Waals surface area (Å²) < 4.78 is 5.58. The van der Waals surface area contributed by atoms with Gasteiger partial charge in [-0.2, -0.15) is 0 Å². The van der Waals surface area contributed by atoms with Gasteiger partial charge in [-0.25, -0.2) is 0 Å².